The van der Waals surface area contributed by atoms with Crippen LogP contribution < -0.4 is 0 Å². The molecule has 0 aliphatic heterocycles. The van der Waals surface area contributed by atoms with E-state index < -0.39 is 0 Å². The smallest absolute Gasteiger partial charge is 0.193 e. The summed E-state index contributed by atoms with van der Waals surface area (Å²) >= 11 is 1.49. The van der Waals surface area contributed by atoms with Crippen LogP contribution in [0.3, 0.4) is 0 Å². The van der Waals surface area contributed by atoms with Gasteiger partial charge in [-0.25, -0.2) is 0 Å². The summed E-state index contributed by atoms with van der Waals surface area (Å²) < 4.78 is 2.25. The van der Waals surface area contributed by atoms with Crippen molar-refractivity contribution in [1.82, 2.24) is 19.7 Å². The fourth-order valence-corrected chi connectivity index (χ4v) is 4.01. The summed E-state index contributed by atoms with van der Waals surface area (Å²) in [6.45, 7) is 4.21. The molecule has 0 spiro atoms. The molecule has 3 rings (SSSR count). The second-order valence-corrected chi connectivity index (χ2v) is 7.44. The Morgan fingerprint density at radius 2 is 2.17 bits per heavy atom. The summed E-state index contributed by atoms with van der Waals surface area (Å²) in [6, 6.07) is 6.60. The standard InChI is InChI=1S/C17H21N5S/c1-12-6-3-4-8-15(12)22-16(14-7-5-9-19-11-14)20-21-17(22)23-13(2)10-18/h5,7,9,11-13,15H,3-4,6,8H2,1-2H3/t12-,13+,15-/m1/s1. The van der Waals surface area contributed by atoms with Crippen LogP contribution in [0.15, 0.2) is 29.7 Å². The molecule has 120 valence electrons. The molecule has 1 aliphatic carbocycles. The van der Waals surface area contributed by atoms with Crippen molar-refractivity contribution in [1.29, 1.82) is 5.26 Å². The molecule has 0 N–H and O–H groups in total. The third kappa shape index (κ3) is 3.40. The number of thioether (sulfide) groups is 1. The number of hydrogen-bond donors (Lipinski definition) is 0. The summed E-state index contributed by atoms with van der Waals surface area (Å²) in [5, 5.41) is 18.7. The van der Waals surface area contributed by atoms with Crippen molar-refractivity contribution in [2.75, 3.05) is 0 Å². The van der Waals surface area contributed by atoms with Crippen molar-refractivity contribution in [3.63, 3.8) is 0 Å². The largest absolute Gasteiger partial charge is 0.299 e. The Labute approximate surface area is 141 Å². The molecule has 2 aromatic rings. The van der Waals surface area contributed by atoms with Gasteiger partial charge in [0, 0.05) is 24.0 Å². The van der Waals surface area contributed by atoms with Gasteiger partial charge >= 0.3 is 0 Å². The van der Waals surface area contributed by atoms with Crippen LogP contribution in [0.2, 0.25) is 0 Å². The van der Waals surface area contributed by atoms with E-state index in [-0.39, 0.29) is 5.25 Å². The van der Waals surface area contributed by atoms with Gasteiger partial charge in [-0.15, -0.1) is 10.2 Å². The highest BCUT2D eigenvalue weighted by molar-refractivity contribution is 8.00. The Bertz CT molecular complexity index is 691. The fourth-order valence-electron chi connectivity index (χ4n) is 3.21. The zero-order valence-electron chi connectivity index (χ0n) is 13.5. The van der Waals surface area contributed by atoms with Crippen LogP contribution >= 0.6 is 11.8 Å². The lowest BCUT2D eigenvalue weighted by Gasteiger charge is -2.31. The Kier molecular flexibility index (Phi) is 4.97. The van der Waals surface area contributed by atoms with Gasteiger partial charge in [-0.3, -0.25) is 9.55 Å². The molecule has 5 nitrogen and oxygen atoms in total. The van der Waals surface area contributed by atoms with E-state index in [9.17, 15) is 0 Å². The predicted molar refractivity (Wildman–Crippen MR) is 90.9 cm³/mol. The lowest BCUT2D eigenvalue weighted by atomic mass is 9.85. The molecule has 0 radical (unpaired) electrons. The first-order chi connectivity index (χ1) is 11.2. The van der Waals surface area contributed by atoms with E-state index in [2.05, 4.69) is 32.7 Å². The molecule has 1 fully saturated rings. The van der Waals surface area contributed by atoms with Crippen LogP contribution in [0.1, 0.15) is 45.6 Å². The van der Waals surface area contributed by atoms with E-state index in [0.29, 0.717) is 12.0 Å². The average Bonchev–Trinajstić information content (AvgIpc) is 2.99. The number of rotatable bonds is 4. The lowest BCUT2D eigenvalue weighted by molar-refractivity contribution is 0.247. The zero-order chi connectivity index (χ0) is 16.2. The van der Waals surface area contributed by atoms with E-state index >= 15 is 0 Å². The Balaban J connectivity index is 2.04. The maximum atomic E-state index is 9.13. The Morgan fingerprint density at radius 3 is 2.87 bits per heavy atom. The van der Waals surface area contributed by atoms with Gasteiger partial charge in [-0.1, -0.05) is 31.5 Å². The fraction of sp³-hybridized carbons (Fsp3) is 0.529. The minimum atomic E-state index is -0.140. The first-order valence-corrected chi connectivity index (χ1v) is 9.00. The molecule has 3 atom stereocenters. The number of hydrogen-bond acceptors (Lipinski definition) is 5. The summed E-state index contributed by atoms with van der Waals surface area (Å²) in [7, 11) is 0. The highest BCUT2D eigenvalue weighted by Gasteiger charge is 2.29. The molecule has 2 aromatic heterocycles. The van der Waals surface area contributed by atoms with Gasteiger partial charge in [0.2, 0.25) is 0 Å². The van der Waals surface area contributed by atoms with Crippen molar-refractivity contribution in [2.24, 2.45) is 5.92 Å². The first-order valence-electron chi connectivity index (χ1n) is 8.12. The van der Waals surface area contributed by atoms with E-state index in [1.807, 2.05) is 25.3 Å². The van der Waals surface area contributed by atoms with Gasteiger partial charge in [0.15, 0.2) is 11.0 Å². The van der Waals surface area contributed by atoms with Crippen LogP contribution in [0.4, 0.5) is 0 Å². The highest BCUT2D eigenvalue weighted by Crippen LogP contribution is 2.39. The molecular formula is C17H21N5S. The minimum Gasteiger partial charge on any atom is -0.299 e. The van der Waals surface area contributed by atoms with Gasteiger partial charge in [-0.05, 0) is 37.8 Å². The number of pyridine rings is 1. The SMILES string of the molecule is C[C@@H]1CCCC[C@H]1n1c(S[C@@H](C)C#N)nnc1-c1cccnc1. The van der Waals surface area contributed by atoms with Crippen LogP contribution in [-0.4, -0.2) is 25.0 Å². The molecule has 1 saturated carbocycles. The molecule has 6 heteroatoms. The average molecular weight is 327 g/mol. The van der Waals surface area contributed by atoms with Crippen LogP contribution in [-0.2, 0) is 0 Å². The van der Waals surface area contributed by atoms with Crippen molar-refractivity contribution in [3.05, 3.63) is 24.5 Å². The second kappa shape index (κ2) is 7.14. The van der Waals surface area contributed by atoms with Crippen LogP contribution in [0.25, 0.3) is 11.4 Å². The molecule has 0 saturated heterocycles. The number of nitrogens with zero attached hydrogens (tertiary/aromatic N) is 5. The van der Waals surface area contributed by atoms with Crippen LogP contribution in [0, 0.1) is 17.2 Å². The molecule has 0 unspecified atom stereocenters. The van der Waals surface area contributed by atoms with Crippen LogP contribution in [0.5, 0.6) is 0 Å². The number of nitriles is 1. The zero-order valence-corrected chi connectivity index (χ0v) is 14.3. The molecule has 0 amide bonds. The maximum absolute atomic E-state index is 9.13. The normalized spacial score (nSPS) is 22.5. The van der Waals surface area contributed by atoms with Gasteiger partial charge in [0.05, 0.1) is 11.3 Å². The monoisotopic (exact) mass is 327 g/mol. The Morgan fingerprint density at radius 1 is 1.35 bits per heavy atom. The van der Waals surface area contributed by atoms with Gasteiger partial charge in [0.1, 0.15) is 0 Å². The molecule has 23 heavy (non-hydrogen) atoms. The third-order valence-corrected chi connectivity index (χ3v) is 5.39. The van der Waals surface area contributed by atoms with Gasteiger partial charge in [-0.2, -0.15) is 5.26 Å². The first kappa shape index (κ1) is 16.0. The highest BCUT2D eigenvalue weighted by atomic mass is 32.2. The molecule has 2 heterocycles. The van der Waals surface area contributed by atoms with Crippen molar-refractivity contribution in [2.45, 2.75) is 56.0 Å². The quantitative estimate of drug-likeness (QED) is 0.791. The maximum Gasteiger partial charge on any atom is 0.193 e. The van der Waals surface area contributed by atoms with Crippen molar-refractivity contribution in [3.8, 4) is 17.5 Å². The van der Waals surface area contributed by atoms with Crippen molar-refractivity contribution >= 4 is 11.8 Å². The summed E-state index contributed by atoms with van der Waals surface area (Å²) in [5.41, 5.74) is 0.981. The minimum absolute atomic E-state index is 0.140. The molecule has 0 aromatic carbocycles. The summed E-state index contributed by atoms with van der Waals surface area (Å²) in [5.74, 6) is 1.46. The van der Waals surface area contributed by atoms with Gasteiger partial charge < -0.3 is 0 Å². The summed E-state index contributed by atoms with van der Waals surface area (Å²) in [4.78, 5) is 4.21. The van der Waals surface area contributed by atoms with E-state index in [0.717, 1.165) is 23.0 Å². The molecule has 0 bridgehead atoms. The second-order valence-electron chi connectivity index (χ2n) is 6.14. The lowest BCUT2D eigenvalue weighted by Crippen LogP contribution is -2.22. The van der Waals surface area contributed by atoms with E-state index in [4.69, 9.17) is 5.26 Å². The number of aromatic nitrogens is 4. The van der Waals surface area contributed by atoms with E-state index in [1.54, 1.807) is 6.20 Å². The summed E-state index contributed by atoms with van der Waals surface area (Å²) in [6.07, 6.45) is 8.49. The van der Waals surface area contributed by atoms with E-state index in [1.165, 1.54) is 31.0 Å². The predicted octanol–water partition coefficient (Wildman–Crippen LogP) is 4.10. The topological polar surface area (TPSA) is 67.4 Å². The third-order valence-electron chi connectivity index (χ3n) is 4.45. The molecular weight excluding hydrogens is 306 g/mol. The molecule has 1 aliphatic rings. The van der Waals surface area contributed by atoms with Crippen molar-refractivity contribution < 1.29 is 0 Å². The van der Waals surface area contributed by atoms with Gasteiger partial charge in [0.25, 0.3) is 0 Å². The Hall–Kier alpha value is -1.87.